The predicted molar refractivity (Wildman–Crippen MR) is 74.9 cm³/mol. The van der Waals surface area contributed by atoms with Crippen molar-refractivity contribution in [3.05, 3.63) is 34.9 Å². The zero-order valence-electron chi connectivity index (χ0n) is 11.1. The molecule has 0 amide bonds. The van der Waals surface area contributed by atoms with E-state index in [-0.39, 0.29) is 6.10 Å². The summed E-state index contributed by atoms with van der Waals surface area (Å²) in [7, 11) is 0. The number of hydrogen-bond donors (Lipinski definition) is 1. The average molecular weight is 272 g/mol. The number of benzene rings is 1. The van der Waals surface area contributed by atoms with Gasteiger partial charge in [0.15, 0.2) is 0 Å². The first-order valence-electron chi connectivity index (χ1n) is 6.28. The highest BCUT2D eigenvalue weighted by molar-refractivity contribution is 6.30. The van der Waals surface area contributed by atoms with Gasteiger partial charge in [0.25, 0.3) is 0 Å². The van der Waals surface area contributed by atoms with E-state index in [1.54, 1.807) is 0 Å². The molecule has 102 valence electrons. The van der Waals surface area contributed by atoms with E-state index in [0.717, 1.165) is 17.2 Å². The van der Waals surface area contributed by atoms with Crippen molar-refractivity contribution in [1.29, 1.82) is 0 Å². The van der Waals surface area contributed by atoms with E-state index in [1.165, 1.54) is 0 Å². The molecule has 0 aliphatic rings. The summed E-state index contributed by atoms with van der Waals surface area (Å²) in [6, 6.07) is 7.57. The van der Waals surface area contributed by atoms with E-state index in [1.807, 2.05) is 24.3 Å². The van der Waals surface area contributed by atoms with Crippen LogP contribution >= 0.6 is 11.6 Å². The first kappa shape index (κ1) is 15.4. The maximum Gasteiger partial charge on any atom is 0.0948 e. The smallest absolute Gasteiger partial charge is 0.0948 e. The Labute approximate surface area is 114 Å². The molecule has 1 unspecified atom stereocenters. The molecule has 0 aromatic heterocycles. The van der Waals surface area contributed by atoms with Crippen LogP contribution in [0.2, 0.25) is 5.02 Å². The molecular weight excluding hydrogens is 250 g/mol. The maximum atomic E-state index is 5.84. The van der Waals surface area contributed by atoms with Crippen LogP contribution in [-0.4, -0.2) is 26.4 Å². The van der Waals surface area contributed by atoms with Crippen LogP contribution in [0.15, 0.2) is 24.3 Å². The van der Waals surface area contributed by atoms with Gasteiger partial charge in [-0.2, -0.15) is 0 Å². The van der Waals surface area contributed by atoms with Gasteiger partial charge in [-0.05, 0) is 23.6 Å². The van der Waals surface area contributed by atoms with Crippen molar-refractivity contribution in [2.24, 2.45) is 11.7 Å². The molecule has 0 saturated carbocycles. The Hall–Kier alpha value is -0.610. The molecular formula is C14H22ClNO2. The van der Waals surface area contributed by atoms with Crippen LogP contribution in [0, 0.1) is 5.92 Å². The molecule has 0 spiro atoms. The lowest BCUT2D eigenvalue weighted by Gasteiger charge is -2.17. The molecule has 1 aromatic rings. The highest BCUT2D eigenvalue weighted by atomic mass is 35.5. The topological polar surface area (TPSA) is 44.5 Å². The number of rotatable bonds is 8. The van der Waals surface area contributed by atoms with E-state index < -0.39 is 0 Å². The van der Waals surface area contributed by atoms with Crippen LogP contribution in [0.3, 0.4) is 0 Å². The average Bonchev–Trinajstić information content (AvgIpc) is 2.35. The number of halogens is 1. The lowest BCUT2D eigenvalue weighted by Crippen LogP contribution is -2.18. The Morgan fingerprint density at radius 3 is 2.39 bits per heavy atom. The number of hydrogen-bond acceptors (Lipinski definition) is 3. The quantitative estimate of drug-likeness (QED) is 0.739. The standard InChI is InChI=1S/C14H22ClNO2/c1-11(2)10-17-7-8-18-14(9-16)12-3-5-13(15)6-4-12/h3-6,11,14H,7-10,16H2,1-2H3. The first-order valence-corrected chi connectivity index (χ1v) is 6.66. The Kier molecular flexibility index (Phi) is 7.28. The fourth-order valence-electron chi connectivity index (χ4n) is 1.55. The van der Waals surface area contributed by atoms with Gasteiger partial charge in [0.2, 0.25) is 0 Å². The Bertz CT molecular complexity index is 327. The second-order valence-electron chi connectivity index (χ2n) is 4.62. The Morgan fingerprint density at radius 1 is 1.17 bits per heavy atom. The summed E-state index contributed by atoms with van der Waals surface area (Å²) in [5.74, 6) is 0.548. The van der Waals surface area contributed by atoms with Crippen molar-refractivity contribution in [2.75, 3.05) is 26.4 Å². The fraction of sp³-hybridized carbons (Fsp3) is 0.571. The Balaban J connectivity index is 2.31. The van der Waals surface area contributed by atoms with Crippen molar-refractivity contribution >= 4 is 11.6 Å². The minimum atomic E-state index is -0.0927. The van der Waals surface area contributed by atoms with Gasteiger partial charge in [0.05, 0.1) is 19.3 Å². The third kappa shape index (κ3) is 5.83. The molecule has 0 bridgehead atoms. The van der Waals surface area contributed by atoms with E-state index in [4.69, 9.17) is 26.8 Å². The molecule has 0 fully saturated rings. The molecule has 1 atom stereocenters. The Morgan fingerprint density at radius 2 is 1.83 bits per heavy atom. The van der Waals surface area contributed by atoms with Gasteiger partial charge in [-0.1, -0.05) is 37.6 Å². The molecule has 0 saturated heterocycles. The molecule has 1 rings (SSSR count). The zero-order valence-corrected chi connectivity index (χ0v) is 11.8. The molecule has 0 heterocycles. The summed E-state index contributed by atoms with van der Waals surface area (Å²) in [4.78, 5) is 0. The molecule has 0 aliphatic carbocycles. The summed E-state index contributed by atoms with van der Waals surface area (Å²) in [6.07, 6.45) is -0.0927. The minimum absolute atomic E-state index is 0.0927. The molecule has 18 heavy (non-hydrogen) atoms. The fourth-order valence-corrected chi connectivity index (χ4v) is 1.67. The lowest BCUT2D eigenvalue weighted by atomic mass is 10.1. The normalized spacial score (nSPS) is 12.9. The van der Waals surface area contributed by atoms with E-state index in [0.29, 0.717) is 25.7 Å². The van der Waals surface area contributed by atoms with Crippen molar-refractivity contribution in [2.45, 2.75) is 20.0 Å². The van der Waals surface area contributed by atoms with Crippen LogP contribution in [-0.2, 0) is 9.47 Å². The monoisotopic (exact) mass is 271 g/mol. The molecule has 0 aliphatic heterocycles. The maximum absolute atomic E-state index is 5.84. The van der Waals surface area contributed by atoms with Gasteiger partial charge < -0.3 is 15.2 Å². The third-order valence-corrected chi connectivity index (χ3v) is 2.71. The second-order valence-corrected chi connectivity index (χ2v) is 5.05. The van der Waals surface area contributed by atoms with Crippen LogP contribution in [0.4, 0.5) is 0 Å². The van der Waals surface area contributed by atoms with Crippen LogP contribution in [0.25, 0.3) is 0 Å². The molecule has 4 heteroatoms. The highest BCUT2D eigenvalue weighted by Gasteiger charge is 2.09. The number of nitrogens with two attached hydrogens (primary N) is 1. The SMILES string of the molecule is CC(C)COCCOC(CN)c1ccc(Cl)cc1. The van der Waals surface area contributed by atoms with Gasteiger partial charge in [-0.25, -0.2) is 0 Å². The second kappa shape index (κ2) is 8.48. The van der Waals surface area contributed by atoms with Crippen LogP contribution in [0.5, 0.6) is 0 Å². The van der Waals surface area contributed by atoms with Crippen LogP contribution in [0.1, 0.15) is 25.5 Å². The lowest BCUT2D eigenvalue weighted by molar-refractivity contribution is 0.00178. The van der Waals surface area contributed by atoms with Gasteiger partial charge in [-0.15, -0.1) is 0 Å². The molecule has 1 aromatic carbocycles. The predicted octanol–water partition coefficient (Wildman–Crippen LogP) is 3.03. The van der Waals surface area contributed by atoms with Gasteiger partial charge in [0, 0.05) is 18.2 Å². The summed E-state index contributed by atoms with van der Waals surface area (Å²) in [5.41, 5.74) is 6.75. The summed E-state index contributed by atoms with van der Waals surface area (Å²) in [6.45, 7) is 6.61. The van der Waals surface area contributed by atoms with Crippen LogP contribution < -0.4 is 5.73 Å². The van der Waals surface area contributed by atoms with Gasteiger partial charge >= 0.3 is 0 Å². The summed E-state index contributed by atoms with van der Waals surface area (Å²) < 4.78 is 11.2. The largest absolute Gasteiger partial charge is 0.379 e. The third-order valence-electron chi connectivity index (χ3n) is 2.45. The molecule has 0 radical (unpaired) electrons. The van der Waals surface area contributed by atoms with Gasteiger partial charge in [0.1, 0.15) is 0 Å². The van der Waals surface area contributed by atoms with Crippen molar-refractivity contribution in [1.82, 2.24) is 0 Å². The number of ether oxygens (including phenoxy) is 2. The molecule has 3 nitrogen and oxygen atoms in total. The van der Waals surface area contributed by atoms with Crippen molar-refractivity contribution in [3.8, 4) is 0 Å². The van der Waals surface area contributed by atoms with E-state index in [9.17, 15) is 0 Å². The van der Waals surface area contributed by atoms with Gasteiger partial charge in [-0.3, -0.25) is 0 Å². The highest BCUT2D eigenvalue weighted by Crippen LogP contribution is 2.18. The van der Waals surface area contributed by atoms with E-state index >= 15 is 0 Å². The van der Waals surface area contributed by atoms with Crippen molar-refractivity contribution < 1.29 is 9.47 Å². The van der Waals surface area contributed by atoms with E-state index in [2.05, 4.69) is 13.8 Å². The summed E-state index contributed by atoms with van der Waals surface area (Å²) >= 11 is 5.84. The zero-order chi connectivity index (χ0) is 13.4. The molecule has 2 N–H and O–H groups in total. The summed E-state index contributed by atoms with van der Waals surface area (Å²) in [5, 5.41) is 0.717. The first-order chi connectivity index (χ1) is 8.63. The van der Waals surface area contributed by atoms with Crippen molar-refractivity contribution in [3.63, 3.8) is 0 Å². The minimum Gasteiger partial charge on any atom is -0.379 e.